The topological polar surface area (TPSA) is 80.0 Å². The second-order valence-electron chi connectivity index (χ2n) is 7.55. The highest BCUT2D eigenvalue weighted by molar-refractivity contribution is 7.09. The number of aryl methyl sites for hydroxylation is 2. The first kappa shape index (κ1) is 20.6. The summed E-state index contributed by atoms with van der Waals surface area (Å²) in [5.74, 6) is 0.828. The van der Waals surface area contributed by atoms with E-state index in [1.807, 2.05) is 42.2 Å². The van der Waals surface area contributed by atoms with Gasteiger partial charge in [0.15, 0.2) is 0 Å². The molecule has 2 aromatic heterocycles. The zero-order valence-electron chi connectivity index (χ0n) is 17.3. The van der Waals surface area contributed by atoms with E-state index in [1.54, 1.807) is 16.1 Å². The summed E-state index contributed by atoms with van der Waals surface area (Å²) in [6.07, 6.45) is 2.22. The van der Waals surface area contributed by atoms with Crippen molar-refractivity contribution >= 4 is 17.2 Å². The van der Waals surface area contributed by atoms with Crippen LogP contribution < -0.4 is 0 Å². The number of aromatic nitrogens is 5. The Morgan fingerprint density at radius 3 is 2.80 bits per heavy atom. The number of amides is 1. The number of hydrogen-bond acceptors (Lipinski definition) is 7. The molecule has 0 spiro atoms. The molecule has 158 valence electrons. The molecule has 1 amide bonds. The average molecular weight is 426 g/mol. The quantitative estimate of drug-likeness (QED) is 0.579. The minimum atomic E-state index is 0.213. The van der Waals surface area contributed by atoms with E-state index in [9.17, 15) is 4.79 Å². The van der Waals surface area contributed by atoms with Crippen LogP contribution in [0.3, 0.4) is 0 Å². The van der Waals surface area contributed by atoms with Crippen LogP contribution in [-0.2, 0) is 17.9 Å². The number of thiazole rings is 1. The summed E-state index contributed by atoms with van der Waals surface area (Å²) in [6.45, 7) is 7.00. The van der Waals surface area contributed by atoms with Gasteiger partial charge in [-0.15, -0.1) is 21.5 Å². The standard InChI is InChI=1S/C21H27N7OS/c1-17-22-19(16-30-17)15-26-10-6-11-27(14-13-26)20(29)9-5-12-28-24-21(23-25-28)18-7-3-2-4-8-18/h2-4,7-8,16H,5-6,9-15H2,1H3. The molecule has 4 rings (SSSR count). The molecule has 0 radical (unpaired) electrons. The predicted molar refractivity (Wildman–Crippen MR) is 116 cm³/mol. The van der Waals surface area contributed by atoms with Crippen molar-refractivity contribution in [2.45, 2.75) is 39.3 Å². The molecule has 0 atom stereocenters. The Bertz CT molecular complexity index is 955. The van der Waals surface area contributed by atoms with Gasteiger partial charge < -0.3 is 4.90 Å². The third-order valence-electron chi connectivity index (χ3n) is 5.23. The number of hydrogen-bond donors (Lipinski definition) is 0. The Labute approximate surface area is 180 Å². The third kappa shape index (κ3) is 5.48. The summed E-state index contributed by atoms with van der Waals surface area (Å²) in [5, 5.41) is 15.9. The third-order valence-corrected chi connectivity index (χ3v) is 6.05. The van der Waals surface area contributed by atoms with Crippen molar-refractivity contribution in [1.29, 1.82) is 0 Å². The van der Waals surface area contributed by atoms with Crippen molar-refractivity contribution in [3.8, 4) is 11.4 Å². The van der Waals surface area contributed by atoms with Crippen molar-refractivity contribution in [3.05, 3.63) is 46.4 Å². The lowest BCUT2D eigenvalue weighted by molar-refractivity contribution is -0.131. The Hall–Kier alpha value is -2.65. The number of benzene rings is 1. The molecule has 0 N–H and O–H groups in total. The second kappa shape index (κ2) is 9.90. The first-order valence-electron chi connectivity index (χ1n) is 10.4. The summed E-state index contributed by atoms with van der Waals surface area (Å²) < 4.78 is 0. The maximum absolute atomic E-state index is 12.7. The van der Waals surface area contributed by atoms with Gasteiger partial charge in [-0.3, -0.25) is 9.69 Å². The predicted octanol–water partition coefficient (Wildman–Crippen LogP) is 2.62. The highest BCUT2D eigenvalue weighted by Crippen LogP contribution is 2.14. The average Bonchev–Trinajstić information content (AvgIpc) is 3.32. The largest absolute Gasteiger partial charge is 0.341 e. The van der Waals surface area contributed by atoms with E-state index in [0.29, 0.717) is 25.2 Å². The van der Waals surface area contributed by atoms with Crippen LogP contribution in [0.5, 0.6) is 0 Å². The maximum atomic E-state index is 12.7. The van der Waals surface area contributed by atoms with Gasteiger partial charge in [0.2, 0.25) is 11.7 Å². The summed E-state index contributed by atoms with van der Waals surface area (Å²) >= 11 is 1.69. The van der Waals surface area contributed by atoms with E-state index >= 15 is 0 Å². The van der Waals surface area contributed by atoms with Crippen molar-refractivity contribution in [3.63, 3.8) is 0 Å². The van der Waals surface area contributed by atoms with Crippen LogP contribution in [0.4, 0.5) is 0 Å². The molecule has 1 fully saturated rings. The van der Waals surface area contributed by atoms with Gasteiger partial charge >= 0.3 is 0 Å². The number of rotatable bonds is 7. The van der Waals surface area contributed by atoms with Gasteiger partial charge in [0, 0.05) is 50.1 Å². The van der Waals surface area contributed by atoms with Crippen molar-refractivity contribution in [2.75, 3.05) is 26.2 Å². The molecule has 3 heterocycles. The Kier molecular flexibility index (Phi) is 6.81. The summed E-state index contributed by atoms with van der Waals surface area (Å²) in [5.41, 5.74) is 2.08. The highest BCUT2D eigenvalue weighted by atomic mass is 32.1. The first-order chi connectivity index (χ1) is 14.7. The van der Waals surface area contributed by atoms with Crippen molar-refractivity contribution in [1.82, 2.24) is 35.0 Å². The fourth-order valence-electron chi connectivity index (χ4n) is 3.66. The molecule has 9 heteroatoms. The number of nitrogens with zero attached hydrogens (tertiary/aromatic N) is 7. The lowest BCUT2D eigenvalue weighted by atomic mass is 10.2. The minimum absolute atomic E-state index is 0.213. The molecule has 1 saturated heterocycles. The molecule has 0 bridgehead atoms. The molecule has 3 aromatic rings. The van der Waals surface area contributed by atoms with Gasteiger partial charge in [0.25, 0.3) is 0 Å². The van der Waals surface area contributed by atoms with E-state index in [-0.39, 0.29) is 5.91 Å². The second-order valence-corrected chi connectivity index (χ2v) is 8.61. The van der Waals surface area contributed by atoms with E-state index < -0.39 is 0 Å². The fourth-order valence-corrected chi connectivity index (χ4v) is 4.26. The molecule has 0 aliphatic carbocycles. The van der Waals surface area contributed by atoms with Crippen LogP contribution in [0.25, 0.3) is 11.4 Å². The van der Waals surface area contributed by atoms with Crippen LogP contribution >= 0.6 is 11.3 Å². The molecular weight excluding hydrogens is 398 g/mol. The smallest absolute Gasteiger partial charge is 0.222 e. The van der Waals surface area contributed by atoms with E-state index in [2.05, 4.69) is 30.7 Å². The highest BCUT2D eigenvalue weighted by Gasteiger charge is 2.19. The molecular formula is C21H27N7OS. The Morgan fingerprint density at radius 1 is 1.13 bits per heavy atom. The van der Waals surface area contributed by atoms with Gasteiger partial charge in [-0.2, -0.15) is 4.80 Å². The fraction of sp³-hybridized carbons (Fsp3) is 0.476. The van der Waals surface area contributed by atoms with Crippen molar-refractivity contribution in [2.24, 2.45) is 0 Å². The van der Waals surface area contributed by atoms with Crippen LogP contribution in [0.15, 0.2) is 35.7 Å². The molecule has 8 nitrogen and oxygen atoms in total. The SMILES string of the molecule is Cc1nc(CN2CCCN(C(=O)CCCn3nnc(-c4ccccc4)n3)CC2)cs1. The molecule has 1 aliphatic rings. The van der Waals surface area contributed by atoms with Crippen LogP contribution in [-0.4, -0.2) is 67.1 Å². The van der Waals surface area contributed by atoms with Gasteiger partial charge in [-0.1, -0.05) is 30.3 Å². The van der Waals surface area contributed by atoms with Gasteiger partial charge in [0.1, 0.15) is 0 Å². The van der Waals surface area contributed by atoms with Crippen LogP contribution in [0.1, 0.15) is 30.0 Å². The lowest BCUT2D eigenvalue weighted by Gasteiger charge is -2.21. The zero-order valence-corrected chi connectivity index (χ0v) is 18.1. The van der Waals surface area contributed by atoms with Gasteiger partial charge in [-0.05, 0) is 25.0 Å². The lowest BCUT2D eigenvalue weighted by Crippen LogP contribution is -2.35. The maximum Gasteiger partial charge on any atom is 0.222 e. The number of carbonyl (C=O) groups is 1. The van der Waals surface area contributed by atoms with Crippen LogP contribution in [0, 0.1) is 6.92 Å². The molecule has 0 saturated carbocycles. The zero-order chi connectivity index (χ0) is 20.8. The molecule has 0 unspecified atom stereocenters. The molecule has 1 aliphatic heterocycles. The monoisotopic (exact) mass is 425 g/mol. The van der Waals surface area contributed by atoms with E-state index in [1.165, 1.54) is 0 Å². The first-order valence-corrected chi connectivity index (χ1v) is 11.3. The molecule has 1 aromatic carbocycles. The van der Waals surface area contributed by atoms with E-state index in [0.717, 1.165) is 55.4 Å². The van der Waals surface area contributed by atoms with Gasteiger partial charge in [0.05, 0.1) is 17.2 Å². The van der Waals surface area contributed by atoms with Gasteiger partial charge in [-0.25, -0.2) is 4.98 Å². The Morgan fingerprint density at radius 2 is 2.00 bits per heavy atom. The number of tetrazole rings is 1. The Balaban J connectivity index is 1.21. The van der Waals surface area contributed by atoms with E-state index in [4.69, 9.17) is 0 Å². The summed E-state index contributed by atoms with van der Waals surface area (Å²) in [6, 6.07) is 9.79. The van der Waals surface area contributed by atoms with Crippen LogP contribution in [0.2, 0.25) is 0 Å². The number of carbonyl (C=O) groups excluding carboxylic acids is 1. The normalized spacial score (nSPS) is 15.3. The van der Waals surface area contributed by atoms with Crippen molar-refractivity contribution < 1.29 is 4.79 Å². The summed E-state index contributed by atoms with van der Waals surface area (Å²) in [4.78, 5) is 23.2. The molecule has 30 heavy (non-hydrogen) atoms. The minimum Gasteiger partial charge on any atom is -0.341 e. The summed E-state index contributed by atoms with van der Waals surface area (Å²) in [7, 11) is 0.